The molecule has 0 fully saturated rings. The molecule has 1 amide bonds. The number of amides is 1. The van der Waals surface area contributed by atoms with Gasteiger partial charge in [0.15, 0.2) is 0 Å². The van der Waals surface area contributed by atoms with Crippen molar-refractivity contribution in [2.75, 3.05) is 0 Å². The number of hydrogen-bond acceptors (Lipinski definition) is 5. The van der Waals surface area contributed by atoms with Crippen molar-refractivity contribution >= 4 is 11.9 Å². The van der Waals surface area contributed by atoms with Crippen molar-refractivity contribution < 1.29 is 14.7 Å². The minimum atomic E-state index is -0.928. The summed E-state index contributed by atoms with van der Waals surface area (Å²) in [5, 5.41) is 22.8. The number of aliphatic carboxylic acids is 1. The Labute approximate surface area is 133 Å². The van der Waals surface area contributed by atoms with E-state index in [-0.39, 0.29) is 12.3 Å². The zero-order chi connectivity index (χ0) is 16.9. The Morgan fingerprint density at radius 1 is 1.22 bits per heavy atom. The topological polar surface area (TPSA) is 110 Å². The van der Waals surface area contributed by atoms with Crippen LogP contribution in [0.25, 0.3) is 5.69 Å². The van der Waals surface area contributed by atoms with Crippen molar-refractivity contribution in [3.63, 3.8) is 0 Å². The third-order valence-corrected chi connectivity index (χ3v) is 3.96. The van der Waals surface area contributed by atoms with Crippen LogP contribution in [0, 0.1) is 0 Å². The van der Waals surface area contributed by atoms with Gasteiger partial charge in [0.25, 0.3) is 5.91 Å². The molecule has 8 nitrogen and oxygen atoms in total. The summed E-state index contributed by atoms with van der Waals surface area (Å²) in [7, 11) is 0. The lowest BCUT2D eigenvalue weighted by Crippen LogP contribution is -2.49. The van der Waals surface area contributed by atoms with Crippen LogP contribution in [0.15, 0.2) is 30.6 Å². The molecule has 0 saturated heterocycles. The Bertz CT molecular complexity index is 663. The summed E-state index contributed by atoms with van der Waals surface area (Å²) in [6.07, 6.45) is 2.45. The maximum absolute atomic E-state index is 12.4. The van der Waals surface area contributed by atoms with E-state index in [0.29, 0.717) is 18.4 Å². The second-order valence-electron chi connectivity index (χ2n) is 5.31. The number of carbonyl (C=O) groups excluding carboxylic acids is 1. The number of aromatic nitrogens is 4. The van der Waals surface area contributed by atoms with Crippen LogP contribution >= 0.6 is 0 Å². The predicted octanol–water partition coefficient (Wildman–Crippen LogP) is 1.43. The molecule has 1 aromatic heterocycles. The van der Waals surface area contributed by atoms with Gasteiger partial charge in [-0.2, -0.15) is 0 Å². The molecule has 122 valence electrons. The van der Waals surface area contributed by atoms with Crippen molar-refractivity contribution in [2.45, 2.75) is 38.6 Å². The first-order valence-electron chi connectivity index (χ1n) is 7.37. The predicted molar refractivity (Wildman–Crippen MR) is 82.2 cm³/mol. The zero-order valence-corrected chi connectivity index (χ0v) is 13.1. The Hall–Kier alpha value is -2.77. The summed E-state index contributed by atoms with van der Waals surface area (Å²) in [6.45, 7) is 3.74. The molecule has 23 heavy (non-hydrogen) atoms. The van der Waals surface area contributed by atoms with Gasteiger partial charge < -0.3 is 10.4 Å². The van der Waals surface area contributed by atoms with E-state index in [1.54, 1.807) is 24.3 Å². The van der Waals surface area contributed by atoms with Crippen LogP contribution in [0.1, 0.15) is 43.5 Å². The number of benzene rings is 1. The lowest BCUT2D eigenvalue weighted by atomic mass is 9.88. The smallest absolute Gasteiger partial charge is 0.305 e. The second kappa shape index (κ2) is 6.99. The van der Waals surface area contributed by atoms with Crippen molar-refractivity contribution in [1.29, 1.82) is 0 Å². The molecule has 0 aliphatic carbocycles. The minimum Gasteiger partial charge on any atom is -0.481 e. The number of nitrogens with zero attached hydrogens (tertiary/aromatic N) is 4. The number of tetrazole rings is 1. The molecule has 2 rings (SSSR count). The van der Waals surface area contributed by atoms with Crippen LogP contribution in [0.3, 0.4) is 0 Å². The van der Waals surface area contributed by atoms with Gasteiger partial charge in [0.05, 0.1) is 17.6 Å². The molecule has 1 heterocycles. The number of hydrogen-bond donors (Lipinski definition) is 2. The monoisotopic (exact) mass is 317 g/mol. The molecule has 0 aliphatic heterocycles. The van der Waals surface area contributed by atoms with Crippen LogP contribution < -0.4 is 5.32 Å². The summed E-state index contributed by atoms with van der Waals surface area (Å²) < 4.78 is 1.48. The van der Waals surface area contributed by atoms with Crippen molar-refractivity contribution in [3.05, 3.63) is 36.2 Å². The number of carboxylic acid groups (broad SMARTS) is 1. The Kier molecular flexibility index (Phi) is 5.05. The fraction of sp³-hybridized carbons (Fsp3) is 0.400. The third-order valence-electron chi connectivity index (χ3n) is 3.96. The molecule has 8 heteroatoms. The maximum Gasteiger partial charge on any atom is 0.305 e. The van der Waals surface area contributed by atoms with Crippen molar-refractivity contribution in [3.8, 4) is 5.69 Å². The van der Waals surface area contributed by atoms with Gasteiger partial charge in [-0.1, -0.05) is 13.8 Å². The van der Waals surface area contributed by atoms with Gasteiger partial charge in [0.1, 0.15) is 6.33 Å². The fourth-order valence-electron chi connectivity index (χ4n) is 2.37. The largest absolute Gasteiger partial charge is 0.481 e. The molecule has 0 atom stereocenters. The lowest BCUT2D eigenvalue weighted by Gasteiger charge is -2.31. The van der Waals surface area contributed by atoms with E-state index in [4.69, 9.17) is 5.11 Å². The van der Waals surface area contributed by atoms with E-state index in [1.807, 2.05) is 13.8 Å². The standard InChI is InChI=1S/C15H19N5O3/c1-3-15(4-2,9-13(21)22)17-14(23)11-5-7-12(8-6-11)20-10-16-18-19-20/h5-8,10H,3-4,9H2,1-2H3,(H,17,23)(H,21,22). The summed E-state index contributed by atoms with van der Waals surface area (Å²) in [5.41, 5.74) is 0.449. The van der Waals surface area contributed by atoms with Gasteiger partial charge in [-0.3, -0.25) is 9.59 Å². The van der Waals surface area contributed by atoms with Gasteiger partial charge in [-0.15, -0.1) is 5.10 Å². The van der Waals surface area contributed by atoms with Gasteiger partial charge in [-0.25, -0.2) is 4.68 Å². The van der Waals surface area contributed by atoms with Gasteiger partial charge in [-0.05, 0) is 47.5 Å². The molecule has 0 aliphatic rings. The summed E-state index contributed by atoms with van der Waals surface area (Å²) in [5.74, 6) is -1.22. The van der Waals surface area contributed by atoms with E-state index in [0.717, 1.165) is 5.69 Å². The normalized spacial score (nSPS) is 11.2. The van der Waals surface area contributed by atoms with E-state index in [1.165, 1.54) is 11.0 Å². The highest BCUT2D eigenvalue weighted by atomic mass is 16.4. The van der Waals surface area contributed by atoms with Gasteiger partial charge >= 0.3 is 5.97 Å². The average molecular weight is 317 g/mol. The summed E-state index contributed by atoms with van der Waals surface area (Å²) in [6, 6.07) is 6.76. The summed E-state index contributed by atoms with van der Waals surface area (Å²) >= 11 is 0. The Morgan fingerprint density at radius 2 is 1.87 bits per heavy atom. The zero-order valence-electron chi connectivity index (χ0n) is 13.1. The number of rotatable bonds is 7. The molecule has 0 spiro atoms. The Morgan fingerprint density at radius 3 is 2.35 bits per heavy atom. The van der Waals surface area contributed by atoms with Crippen LogP contribution in [-0.2, 0) is 4.79 Å². The van der Waals surface area contributed by atoms with Crippen LogP contribution in [0.2, 0.25) is 0 Å². The lowest BCUT2D eigenvalue weighted by molar-refractivity contribution is -0.138. The van der Waals surface area contributed by atoms with Crippen LogP contribution in [-0.4, -0.2) is 42.7 Å². The molecular formula is C15H19N5O3. The first kappa shape index (κ1) is 16.6. The highest BCUT2D eigenvalue weighted by Gasteiger charge is 2.31. The quantitative estimate of drug-likeness (QED) is 0.799. The fourth-order valence-corrected chi connectivity index (χ4v) is 2.37. The average Bonchev–Trinajstić information content (AvgIpc) is 3.08. The summed E-state index contributed by atoms with van der Waals surface area (Å²) in [4.78, 5) is 23.5. The third kappa shape index (κ3) is 3.91. The molecule has 0 saturated carbocycles. The highest BCUT2D eigenvalue weighted by molar-refractivity contribution is 5.95. The van der Waals surface area contributed by atoms with Crippen molar-refractivity contribution in [2.24, 2.45) is 0 Å². The molecule has 0 bridgehead atoms. The molecular weight excluding hydrogens is 298 g/mol. The SMILES string of the molecule is CCC(CC)(CC(=O)O)NC(=O)c1ccc(-n2cnnn2)cc1. The number of carboxylic acids is 1. The van der Waals surface area contributed by atoms with E-state index in [2.05, 4.69) is 20.8 Å². The molecule has 2 aromatic rings. The van der Waals surface area contributed by atoms with E-state index in [9.17, 15) is 9.59 Å². The molecule has 0 radical (unpaired) electrons. The highest BCUT2D eigenvalue weighted by Crippen LogP contribution is 2.21. The maximum atomic E-state index is 12.4. The number of carbonyl (C=O) groups is 2. The van der Waals surface area contributed by atoms with E-state index >= 15 is 0 Å². The Balaban J connectivity index is 2.14. The van der Waals surface area contributed by atoms with Crippen molar-refractivity contribution in [1.82, 2.24) is 25.5 Å². The van der Waals surface area contributed by atoms with E-state index < -0.39 is 11.5 Å². The number of nitrogens with one attached hydrogen (secondary N) is 1. The first-order valence-corrected chi connectivity index (χ1v) is 7.37. The van der Waals surface area contributed by atoms with Crippen LogP contribution in [0.4, 0.5) is 0 Å². The molecule has 2 N–H and O–H groups in total. The van der Waals surface area contributed by atoms with Gasteiger partial charge in [0, 0.05) is 5.56 Å². The van der Waals surface area contributed by atoms with Crippen LogP contribution in [0.5, 0.6) is 0 Å². The van der Waals surface area contributed by atoms with Gasteiger partial charge in [0.2, 0.25) is 0 Å². The second-order valence-corrected chi connectivity index (χ2v) is 5.31. The molecule has 0 unspecified atom stereocenters. The molecule has 1 aromatic carbocycles. The first-order chi connectivity index (χ1) is 11.0. The minimum absolute atomic E-state index is 0.103.